The fourth-order valence-electron chi connectivity index (χ4n) is 2.04. The Morgan fingerprint density at radius 3 is 2.88 bits per heavy atom. The summed E-state index contributed by atoms with van der Waals surface area (Å²) >= 11 is 10.4. The average Bonchev–Trinajstić information content (AvgIpc) is 2.98. The van der Waals surface area contributed by atoms with E-state index in [1.54, 1.807) is 18.3 Å². The molecule has 0 saturated carbocycles. The maximum absolute atomic E-state index is 12.3. The summed E-state index contributed by atoms with van der Waals surface area (Å²) in [5.74, 6) is -0.0915. The van der Waals surface area contributed by atoms with Crippen LogP contribution in [0.3, 0.4) is 0 Å². The number of halogens is 2. The van der Waals surface area contributed by atoms with E-state index in [0.29, 0.717) is 15.6 Å². The number of nitrogens with one attached hydrogen (secondary N) is 1. The number of benzene rings is 1. The number of aromatic nitrogens is 1. The van der Waals surface area contributed by atoms with Gasteiger partial charge < -0.3 is 9.32 Å². The Morgan fingerprint density at radius 1 is 1.33 bits per heavy atom. The van der Waals surface area contributed by atoms with Crippen molar-refractivity contribution in [2.75, 3.05) is 19.0 Å². The van der Waals surface area contributed by atoms with Crippen LogP contribution in [0.1, 0.15) is 10.6 Å². The summed E-state index contributed by atoms with van der Waals surface area (Å²) < 4.78 is 9.14. The number of hydrogen-bond donors (Lipinski definition) is 1. The van der Waals surface area contributed by atoms with E-state index in [9.17, 15) is 4.79 Å². The highest BCUT2D eigenvalue weighted by molar-refractivity contribution is 9.10. The first-order valence-corrected chi connectivity index (χ1v) is 8.92. The first kappa shape index (κ1) is 17.1. The highest BCUT2D eigenvalue weighted by atomic mass is 79.9. The standard InChI is InChI=1S/C16H13BrClN3O2S/c1-21(2)11-4-3-9-5-13(23-12(9)7-11)16(22)20-24-14-6-10(17)8-19-15(14)18/h3-8H,1-2H3,(H,20,22). The predicted molar refractivity (Wildman–Crippen MR) is 101 cm³/mol. The molecule has 124 valence electrons. The Hall–Kier alpha value is -1.70. The van der Waals surface area contributed by atoms with Gasteiger partial charge in [-0.15, -0.1) is 0 Å². The SMILES string of the molecule is CN(C)c1ccc2cc(C(=O)NSc3cc(Br)cnc3Cl)oc2c1. The largest absolute Gasteiger partial charge is 0.451 e. The molecule has 3 aromatic rings. The van der Waals surface area contributed by atoms with Crippen molar-refractivity contribution in [1.82, 2.24) is 9.71 Å². The van der Waals surface area contributed by atoms with E-state index in [-0.39, 0.29) is 11.7 Å². The molecule has 0 unspecified atom stereocenters. The molecular formula is C16H13BrClN3O2S. The second-order valence-electron chi connectivity index (χ2n) is 5.20. The molecule has 0 aliphatic rings. The Labute approximate surface area is 156 Å². The monoisotopic (exact) mass is 425 g/mol. The fraction of sp³-hybridized carbons (Fsp3) is 0.125. The summed E-state index contributed by atoms with van der Waals surface area (Å²) in [4.78, 5) is 18.9. The smallest absolute Gasteiger partial charge is 0.297 e. The van der Waals surface area contributed by atoms with Gasteiger partial charge in [0.2, 0.25) is 0 Å². The molecular weight excluding hydrogens is 414 g/mol. The molecule has 8 heteroatoms. The highest BCUT2D eigenvalue weighted by Gasteiger charge is 2.14. The first-order valence-electron chi connectivity index (χ1n) is 6.93. The van der Waals surface area contributed by atoms with Gasteiger partial charge in [0.1, 0.15) is 10.7 Å². The normalized spacial score (nSPS) is 10.8. The van der Waals surface area contributed by atoms with Crippen LogP contribution in [-0.4, -0.2) is 25.0 Å². The van der Waals surface area contributed by atoms with Crippen LogP contribution in [0, 0.1) is 0 Å². The summed E-state index contributed by atoms with van der Waals surface area (Å²) in [5.41, 5.74) is 1.67. The zero-order chi connectivity index (χ0) is 17.3. The van der Waals surface area contributed by atoms with Gasteiger partial charge in [0.05, 0.1) is 4.90 Å². The lowest BCUT2D eigenvalue weighted by atomic mass is 10.2. The van der Waals surface area contributed by atoms with Crippen molar-refractivity contribution < 1.29 is 9.21 Å². The van der Waals surface area contributed by atoms with Crippen molar-refractivity contribution in [2.24, 2.45) is 0 Å². The molecule has 24 heavy (non-hydrogen) atoms. The number of fused-ring (bicyclic) bond motifs is 1. The minimum absolute atomic E-state index is 0.243. The third kappa shape index (κ3) is 3.68. The van der Waals surface area contributed by atoms with Gasteiger partial charge in [-0.05, 0) is 52.1 Å². The second-order valence-corrected chi connectivity index (χ2v) is 7.32. The summed E-state index contributed by atoms with van der Waals surface area (Å²) in [5, 5.41) is 1.20. The van der Waals surface area contributed by atoms with Crippen molar-refractivity contribution in [1.29, 1.82) is 0 Å². The van der Waals surface area contributed by atoms with Crippen LogP contribution < -0.4 is 9.62 Å². The number of amides is 1. The lowest BCUT2D eigenvalue weighted by molar-refractivity contribution is 0.0959. The van der Waals surface area contributed by atoms with Crippen molar-refractivity contribution in [3.8, 4) is 0 Å². The van der Waals surface area contributed by atoms with Crippen molar-refractivity contribution >= 4 is 62.0 Å². The van der Waals surface area contributed by atoms with Crippen LogP contribution in [0.2, 0.25) is 5.15 Å². The number of furan rings is 1. The molecule has 1 amide bonds. The van der Waals surface area contributed by atoms with Crippen molar-refractivity contribution in [2.45, 2.75) is 4.90 Å². The van der Waals surface area contributed by atoms with Crippen molar-refractivity contribution in [3.05, 3.63) is 51.9 Å². The highest BCUT2D eigenvalue weighted by Crippen LogP contribution is 2.28. The van der Waals surface area contributed by atoms with E-state index in [0.717, 1.165) is 27.5 Å². The number of pyridine rings is 1. The number of rotatable bonds is 4. The molecule has 0 fully saturated rings. The quantitative estimate of drug-likeness (QED) is 0.482. The molecule has 2 heterocycles. The van der Waals surface area contributed by atoms with E-state index < -0.39 is 0 Å². The maximum Gasteiger partial charge on any atom is 0.297 e. The maximum atomic E-state index is 12.3. The summed E-state index contributed by atoms with van der Waals surface area (Å²) in [7, 11) is 3.90. The first-order chi connectivity index (χ1) is 11.4. The van der Waals surface area contributed by atoms with Gasteiger partial charge in [-0.3, -0.25) is 9.52 Å². The van der Waals surface area contributed by atoms with Crippen molar-refractivity contribution in [3.63, 3.8) is 0 Å². The molecule has 0 spiro atoms. The summed E-state index contributed by atoms with van der Waals surface area (Å²) in [6.07, 6.45) is 1.59. The molecule has 0 radical (unpaired) electrons. The number of hydrogen-bond acceptors (Lipinski definition) is 5. The fourth-order valence-corrected chi connectivity index (χ4v) is 3.37. The lowest BCUT2D eigenvalue weighted by Gasteiger charge is -2.11. The van der Waals surface area contributed by atoms with Crippen LogP contribution in [0.5, 0.6) is 0 Å². The van der Waals surface area contributed by atoms with E-state index in [4.69, 9.17) is 16.0 Å². The van der Waals surface area contributed by atoms with Gasteiger partial charge >= 0.3 is 0 Å². The number of anilines is 1. The molecule has 1 N–H and O–H groups in total. The average molecular weight is 427 g/mol. The van der Waals surface area contributed by atoms with Gasteiger partial charge in [-0.1, -0.05) is 11.6 Å². The van der Waals surface area contributed by atoms with Gasteiger partial charge in [-0.2, -0.15) is 0 Å². The second kappa shape index (κ2) is 7.04. The molecule has 0 saturated heterocycles. The lowest BCUT2D eigenvalue weighted by Crippen LogP contribution is -2.14. The van der Waals surface area contributed by atoms with Gasteiger partial charge in [0, 0.05) is 41.9 Å². The van der Waals surface area contributed by atoms with Crippen LogP contribution >= 0.6 is 39.5 Å². The minimum atomic E-state index is -0.335. The van der Waals surface area contributed by atoms with E-state index in [2.05, 4.69) is 25.6 Å². The number of carbonyl (C=O) groups is 1. The predicted octanol–water partition coefficient (Wildman–Crippen LogP) is 4.75. The third-order valence-electron chi connectivity index (χ3n) is 3.27. The van der Waals surface area contributed by atoms with Gasteiger partial charge in [0.25, 0.3) is 5.91 Å². The topological polar surface area (TPSA) is 58.4 Å². The minimum Gasteiger partial charge on any atom is -0.451 e. The molecule has 0 bridgehead atoms. The Balaban J connectivity index is 1.77. The molecule has 0 atom stereocenters. The molecule has 5 nitrogen and oxygen atoms in total. The summed E-state index contributed by atoms with van der Waals surface area (Å²) in [6.45, 7) is 0. The summed E-state index contributed by atoms with van der Waals surface area (Å²) in [6, 6.07) is 9.29. The molecule has 1 aromatic carbocycles. The van der Waals surface area contributed by atoms with E-state index in [1.807, 2.05) is 37.2 Å². The van der Waals surface area contributed by atoms with Crippen LogP contribution in [0.15, 0.2) is 50.3 Å². The van der Waals surface area contributed by atoms with Gasteiger partial charge in [0.15, 0.2) is 5.76 Å². The number of nitrogens with zero attached hydrogens (tertiary/aromatic N) is 2. The van der Waals surface area contributed by atoms with Crippen LogP contribution in [0.4, 0.5) is 5.69 Å². The zero-order valence-electron chi connectivity index (χ0n) is 12.8. The van der Waals surface area contributed by atoms with Crippen LogP contribution in [0.25, 0.3) is 11.0 Å². The Morgan fingerprint density at radius 2 is 2.12 bits per heavy atom. The van der Waals surface area contributed by atoms with Gasteiger partial charge in [-0.25, -0.2) is 4.98 Å². The Bertz CT molecular complexity index is 913. The molecule has 3 rings (SSSR count). The zero-order valence-corrected chi connectivity index (χ0v) is 16.0. The number of carbonyl (C=O) groups excluding carboxylic acids is 1. The molecule has 0 aliphatic heterocycles. The Kier molecular flexibility index (Phi) is 5.03. The van der Waals surface area contributed by atoms with E-state index >= 15 is 0 Å². The molecule has 0 aliphatic carbocycles. The van der Waals surface area contributed by atoms with Crippen LogP contribution in [-0.2, 0) is 0 Å². The molecule has 2 aromatic heterocycles. The van der Waals surface area contributed by atoms with E-state index in [1.165, 1.54) is 0 Å². The third-order valence-corrected chi connectivity index (χ3v) is 4.94.